The van der Waals surface area contributed by atoms with E-state index in [1.807, 2.05) is 49.4 Å². The number of carbonyl (C=O) groups is 2. The van der Waals surface area contributed by atoms with E-state index in [0.717, 1.165) is 16.9 Å². The van der Waals surface area contributed by atoms with E-state index in [1.54, 1.807) is 29.2 Å². The van der Waals surface area contributed by atoms with Crippen LogP contribution in [0.25, 0.3) is 0 Å². The molecule has 0 aromatic heterocycles. The van der Waals surface area contributed by atoms with Crippen LogP contribution in [0.1, 0.15) is 51.8 Å². The van der Waals surface area contributed by atoms with Gasteiger partial charge in [0.15, 0.2) is 5.78 Å². The Kier molecular flexibility index (Phi) is 6.12. The fourth-order valence-corrected chi connectivity index (χ4v) is 5.60. The van der Waals surface area contributed by atoms with Crippen molar-refractivity contribution in [1.82, 2.24) is 0 Å². The molecule has 38 heavy (non-hydrogen) atoms. The van der Waals surface area contributed by atoms with Gasteiger partial charge in [0.2, 0.25) is 0 Å². The fourth-order valence-electron chi connectivity index (χ4n) is 5.60. The second-order valence-corrected chi connectivity index (χ2v) is 9.97. The van der Waals surface area contributed by atoms with Crippen molar-refractivity contribution in [3.8, 4) is 0 Å². The lowest BCUT2D eigenvalue weighted by atomic mass is 9.78. The summed E-state index contributed by atoms with van der Waals surface area (Å²) in [6.07, 6.45) is 0.927. The van der Waals surface area contributed by atoms with E-state index in [-0.39, 0.29) is 17.6 Å². The normalized spacial score (nSPS) is 18.8. The van der Waals surface area contributed by atoms with Crippen LogP contribution in [0.4, 0.5) is 15.8 Å². The quantitative estimate of drug-likeness (QED) is 0.319. The molecule has 1 N–H and O–H groups in total. The highest BCUT2D eigenvalue weighted by atomic mass is 19.1. The monoisotopic (exact) mass is 502 g/mol. The number of carbonyl (C=O) groups excluding carboxylic acids is 2. The predicted molar refractivity (Wildman–Crippen MR) is 148 cm³/mol. The van der Waals surface area contributed by atoms with Crippen LogP contribution < -0.4 is 10.2 Å². The molecule has 0 fully saturated rings. The highest BCUT2D eigenvalue weighted by Crippen LogP contribution is 2.47. The first-order chi connectivity index (χ1) is 18.5. The number of aryl methyl sites for hydroxylation is 1. The second kappa shape index (κ2) is 9.75. The first kappa shape index (κ1) is 23.9. The summed E-state index contributed by atoms with van der Waals surface area (Å²) in [7, 11) is 0. The summed E-state index contributed by atoms with van der Waals surface area (Å²) in [5.41, 5.74) is 5.99. The van der Waals surface area contributed by atoms with Gasteiger partial charge in [-0.3, -0.25) is 14.5 Å². The molecule has 2 aliphatic rings. The van der Waals surface area contributed by atoms with Crippen LogP contribution in [0.2, 0.25) is 0 Å². The topological polar surface area (TPSA) is 49.4 Å². The minimum absolute atomic E-state index is 0.00560. The molecule has 5 heteroatoms. The standard InChI is InChI=1S/C33H27FN2O2/c1-21-14-16-22(17-15-21)25-19-28-31(30(37)20-25)32(24-10-7-11-26(34)18-24)36(29-13-6-5-12-27(29)35-28)33(38)23-8-3-2-4-9-23/h2-18,25,32,35H,19-20H2,1H3/t25-,32+/m1/s1. The Hall–Kier alpha value is -4.51. The van der Waals surface area contributed by atoms with Gasteiger partial charge in [-0.2, -0.15) is 0 Å². The zero-order valence-corrected chi connectivity index (χ0v) is 21.0. The maximum absolute atomic E-state index is 14.6. The average molecular weight is 503 g/mol. The largest absolute Gasteiger partial charge is 0.357 e. The van der Waals surface area contributed by atoms with Gasteiger partial charge in [-0.25, -0.2) is 4.39 Å². The molecule has 0 unspecified atom stereocenters. The van der Waals surface area contributed by atoms with E-state index < -0.39 is 11.9 Å². The first-order valence-electron chi connectivity index (χ1n) is 12.8. The van der Waals surface area contributed by atoms with E-state index in [4.69, 9.17) is 0 Å². The first-order valence-corrected chi connectivity index (χ1v) is 12.8. The molecule has 1 heterocycles. The molecule has 1 aliphatic heterocycles. The molecule has 4 aromatic rings. The van der Waals surface area contributed by atoms with Gasteiger partial charge in [-0.1, -0.05) is 72.3 Å². The third kappa shape index (κ3) is 4.30. The van der Waals surface area contributed by atoms with Crippen molar-refractivity contribution < 1.29 is 14.0 Å². The van der Waals surface area contributed by atoms with Crippen molar-refractivity contribution in [3.05, 3.63) is 142 Å². The van der Waals surface area contributed by atoms with E-state index in [9.17, 15) is 14.0 Å². The summed E-state index contributed by atoms with van der Waals surface area (Å²) in [4.78, 5) is 29.8. The number of benzene rings is 4. The number of hydrogen-bond donors (Lipinski definition) is 1. The van der Waals surface area contributed by atoms with Crippen molar-refractivity contribution in [2.24, 2.45) is 0 Å². The van der Waals surface area contributed by atoms with E-state index in [2.05, 4.69) is 29.6 Å². The zero-order valence-electron chi connectivity index (χ0n) is 21.0. The highest BCUT2D eigenvalue weighted by molar-refractivity contribution is 6.12. The Balaban J connectivity index is 1.56. The maximum atomic E-state index is 14.6. The van der Waals surface area contributed by atoms with Crippen LogP contribution in [0.5, 0.6) is 0 Å². The second-order valence-electron chi connectivity index (χ2n) is 9.97. The molecule has 0 saturated heterocycles. The third-order valence-electron chi connectivity index (χ3n) is 7.44. The fraction of sp³-hybridized carbons (Fsp3) is 0.152. The molecule has 1 aliphatic carbocycles. The van der Waals surface area contributed by atoms with Crippen LogP contribution in [0.3, 0.4) is 0 Å². The Morgan fingerprint density at radius 2 is 1.58 bits per heavy atom. The molecule has 4 nitrogen and oxygen atoms in total. The number of para-hydroxylation sites is 2. The summed E-state index contributed by atoms with van der Waals surface area (Å²) < 4.78 is 14.6. The van der Waals surface area contributed by atoms with Crippen LogP contribution in [0.15, 0.2) is 114 Å². The molecule has 0 radical (unpaired) electrons. The number of rotatable bonds is 3. The number of amides is 1. The van der Waals surface area contributed by atoms with E-state index >= 15 is 0 Å². The van der Waals surface area contributed by atoms with Gasteiger partial charge in [-0.15, -0.1) is 0 Å². The van der Waals surface area contributed by atoms with Crippen molar-refractivity contribution in [2.75, 3.05) is 10.2 Å². The molecule has 2 atom stereocenters. The molecular formula is C33H27FN2O2. The minimum atomic E-state index is -0.781. The van der Waals surface area contributed by atoms with E-state index in [1.165, 1.54) is 17.7 Å². The van der Waals surface area contributed by atoms with Crippen molar-refractivity contribution in [3.63, 3.8) is 0 Å². The Morgan fingerprint density at radius 1 is 0.842 bits per heavy atom. The number of fused-ring (bicyclic) bond motifs is 1. The SMILES string of the molecule is Cc1ccc([C@H]2CC(=O)C3=C(C2)Nc2ccccc2N(C(=O)c2ccccc2)[C@H]3c2cccc(F)c2)cc1. The van der Waals surface area contributed by atoms with Gasteiger partial charge in [0.25, 0.3) is 5.91 Å². The maximum Gasteiger partial charge on any atom is 0.259 e. The zero-order chi connectivity index (χ0) is 26.2. The number of halogens is 1. The minimum Gasteiger partial charge on any atom is -0.357 e. The highest BCUT2D eigenvalue weighted by Gasteiger charge is 2.42. The number of allylic oxidation sites excluding steroid dienone is 1. The molecule has 188 valence electrons. The van der Waals surface area contributed by atoms with Crippen molar-refractivity contribution >= 4 is 23.1 Å². The number of nitrogens with one attached hydrogen (secondary N) is 1. The summed E-state index contributed by atoms with van der Waals surface area (Å²) >= 11 is 0. The van der Waals surface area contributed by atoms with Crippen LogP contribution >= 0.6 is 0 Å². The van der Waals surface area contributed by atoms with Crippen LogP contribution in [0, 0.1) is 12.7 Å². The number of ketones is 1. The van der Waals surface area contributed by atoms with Crippen LogP contribution in [-0.4, -0.2) is 11.7 Å². The lowest BCUT2D eigenvalue weighted by Crippen LogP contribution is -2.38. The molecule has 4 aromatic carbocycles. The summed E-state index contributed by atoms with van der Waals surface area (Å²) in [6, 6.07) is 30.3. The average Bonchev–Trinajstić information content (AvgIpc) is 3.08. The summed E-state index contributed by atoms with van der Waals surface area (Å²) in [6.45, 7) is 2.04. The molecule has 0 saturated carbocycles. The van der Waals surface area contributed by atoms with Gasteiger partial charge >= 0.3 is 0 Å². The van der Waals surface area contributed by atoms with Gasteiger partial charge < -0.3 is 5.32 Å². The van der Waals surface area contributed by atoms with Gasteiger partial charge in [0, 0.05) is 23.3 Å². The smallest absolute Gasteiger partial charge is 0.259 e. The third-order valence-corrected chi connectivity index (χ3v) is 7.44. The van der Waals surface area contributed by atoms with Gasteiger partial charge in [-0.05, 0) is 66.8 Å². The van der Waals surface area contributed by atoms with Crippen molar-refractivity contribution in [2.45, 2.75) is 31.7 Å². The Morgan fingerprint density at radius 3 is 2.34 bits per heavy atom. The molecule has 0 bridgehead atoms. The molecule has 6 rings (SSSR count). The lowest BCUT2D eigenvalue weighted by molar-refractivity contribution is -0.116. The molecule has 1 amide bonds. The van der Waals surface area contributed by atoms with Gasteiger partial charge in [0.05, 0.1) is 17.4 Å². The van der Waals surface area contributed by atoms with E-state index in [0.29, 0.717) is 35.2 Å². The van der Waals surface area contributed by atoms with Crippen LogP contribution in [-0.2, 0) is 4.79 Å². The van der Waals surface area contributed by atoms with Crippen molar-refractivity contribution in [1.29, 1.82) is 0 Å². The number of nitrogens with zero attached hydrogens (tertiary/aromatic N) is 1. The number of anilines is 2. The summed E-state index contributed by atoms with van der Waals surface area (Å²) in [5.74, 6) is -0.706. The summed E-state index contributed by atoms with van der Waals surface area (Å²) in [5, 5.41) is 3.52. The van der Waals surface area contributed by atoms with Gasteiger partial charge in [0.1, 0.15) is 5.82 Å². The Labute approximate surface area is 221 Å². The number of Topliss-reactive ketones (excluding diaryl/α,β-unsaturated/α-hetero) is 1. The number of hydrogen-bond acceptors (Lipinski definition) is 3. The molecule has 0 spiro atoms. The Bertz CT molecular complexity index is 1560. The predicted octanol–water partition coefficient (Wildman–Crippen LogP) is 7.35. The lowest BCUT2D eigenvalue weighted by Gasteiger charge is -2.35. The molecular weight excluding hydrogens is 475 g/mol.